The van der Waals surface area contributed by atoms with Crippen LogP contribution in [0.1, 0.15) is 40.2 Å². The zero-order chi connectivity index (χ0) is 20.4. The summed E-state index contributed by atoms with van der Waals surface area (Å²) in [6.07, 6.45) is 0.943. The fourth-order valence-electron chi connectivity index (χ4n) is 3.98. The van der Waals surface area contributed by atoms with Crippen molar-refractivity contribution in [1.29, 1.82) is 0 Å². The van der Waals surface area contributed by atoms with Crippen LogP contribution in [0.2, 0.25) is 0 Å². The monoisotopic (exact) mass is 391 g/mol. The molecule has 0 aromatic heterocycles. The first kappa shape index (κ1) is 19.2. The number of amides is 3. The van der Waals surface area contributed by atoms with Crippen LogP contribution in [-0.4, -0.2) is 48.8 Å². The fraction of sp³-hybridized carbons (Fsp3) is 0.348. The molecule has 2 fully saturated rings. The highest BCUT2D eigenvalue weighted by Gasteiger charge is 2.28. The summed E-state index contributed by atoms with van der Waals surface area (Å²) in [4.78, 5) is 40.2. The Balaban J connectivity index is 1.36. The highest BCUT2D eigenvalue weighted by atomic mass is 16.2. The molecule has 6 nitrogen and oxygen atoms in total. The molecule has 0 spiro atoms. The normalized spacial score (nSPS) is 19.8. The lowest BCUT2D eigenvalue weighted by Gasteiger charge is -2.36. The van der Waals surface area contributed by atoms with Gasteiger partial charge in [-0.15, -0.1) is 0 Å². The standard InChI is InChI=1S/C23H25N3O3/c1-16-2-4-18(5-3-16)23(29)26-14-12-25(13-15-26)19-8-6-17(7-9-19)20-10-11-21(27)24-22(20)28/h2-9,20H,10-15H2,1H3,(H,24,27,28). The van der Waals surface area contributed by atoms with Crippen molar-refractivity contribution < 1.29 is 14.4 Å². The van der Waals surface area contributed by atoms with Gasteiger partial charge in [-0.2, -0.15) is 0 Å². The molecule has 0 bridgehead atoms. The van der Waals surface area contributed by atoms with Crippen molar-refractivity contribution in [2.24, 2.45) is 0 Å². The first-order chi connectivity index (χ1) is 14.0. The summed E-state index contributed by atoms with van der Waals surface area (Å²) >= 11 is 0. The number of rotatable bonds is 3. The maximum absolute atomic E-state index is 12.7. The molecular weight excluding hydrogens is 366 g/mol. The molecule has 3 amide bonds. The first-order valence-electron chi connectivity index (χ1n) is 10.1. The Morgan fingerprint density at radius 1 is 0.931 bits per heavy atom. The number of carbonyl (C=O) groups excluding carboxylic acids is 3. The average molecular weight is 391 g/mol. The van der Waals surface area contributed by atoms with Crippen molar-refractivity contribution >= 4 is 23.4 Å². The lowest BCUT2D eigenvalue weighted by Crippen LogP contribution is -2.48. The Bertz CT molecular complexity index is 913. The van der Waals surface area contributed by atoms with E-state index in [1.54, 1.807) is 0 Å². The molecule has 1 atom stereocenters. The van der Waals surface area contributed by atoms with Gasteiger partial charge in [-0.1, -0.05) is 29.8 Å². The third kappa shape index (κ3) is 4.16. The Morgan fingerprint density at radius 2 is 1.59 bits per heavy atom. The number of hydrogen-bond acceptors (Lipinski definition) is 4. The Labute approximate surface area is 170 Å². The first-order valence-corrected chi connectivity index (χ1v) is 10.1. The van der Waals surface area contributed by atoms with Crippen LogP contribution in [0.4, 0.5) is 5.69 Å². The van der Waals surface area contributed by atoms with Crippen LogP contribution >= 0.6 is 0 Å². The number of nitrogens with zero attached hydrogens (tertiary/aromatic N) is 2. The minimum Gasteiger partial charge on any atom is -0.368 e. The molecule has 0 saturated carbocycles. The van der Waals surface area contributed by atoms with E-state index in [0.29, 0.717) is 25.9 Å². The largest absolute Gasteiger partial charge is 0.368 e. The smallest absolute Gasteiger partial charge is 0.253 e. The van der Waals surface area contributed by atoms with Gasteiger partial charge < -0.3 is 9.80 Å². The summed E-state index contributed by atoms with van der Waals surface area (Å²) < 4.78 is 0. The summed E-state index contributed by atoms with van der Waals surface area (Å²) in [5.41, 5.74) is 3.90. The van der Waals surface area contributed by atoms with E-state index in [0.717, 1.165) is 35.5 Å². The predicted molar refractivity (Wildman–Crippen MR) is 111 cm³/mol. The number of piperazine rings is 1. The zero-order valence-corrected chi connectivity index (χ0v) is 16.6. The average Bonchev–Trinajstić information content (AvgIpc) is 2.74. The third-order valence-corrected chi connectivity index (χ3v) is 5.77. The number of anilines is 1. The van der Waals surface area contributed by atoms with Crippen molar-refractivity contribution in [3.8, 4) is 0 Å². The maximum atomic E-state index is 12.7. The van der Waals surface area contributed by atoms with Gasteiger partial charge in [0.05, 0.1) is 5.92 Å². The van der Waals surface area contributed by atoms with Gasteiger partial charge in [0.2, 0.25) is 11.8 Å². The Morgan fingerprint density at radius 3 is 2.21 bits per heavy atom. The van der Waals surface area contributed by atoms with E-state index in [1.165, 1.54) is 0 Å². The second-order valence-electron chi connectivity index (χ2n) is 7.74. The van der Waals surface area contributed by atoms with Crippen LogP contribution in [0.5, 0.6) is 0 Å². The molecule has 2 aromatic rings. The van der Waals surface area contributed by atoms with Crippen molar-refractivity contribution in [3.05, 3.63) is 65.2 Å². The van der Waals surface area contributed by atoms with Crippen LogP contribution in [-0.2, 0) is 9.59 Å². The predicted octanol–water partition coefficient (Wildman–Crippen LogP) is 2.48. The van der Waals surface area contributed by atoms with E-state index in [4.69, 9.17) is 0 Å². The molecule has 0 aliphatic carbocycles. The van der Waals surface area contributed by atoms with E-state index in [2.05, 4.69) is 10.2 Å². The van der Waals surface area contributed by atoms with Crippen molar-refractivity contribution in [1.82, 2.24) is 10.2 Å². The number of nitrogens with one attached hydrogen (secondary N) is 1. The zero-order valence-electron chi connectivity index (χ0n) is 16.6. The highest BCUT2D eigenvalue weighted by Crippen LogP contribution is 2.27. The van der Waals surface area contributed by atoms with E-state index in [-0.39, 0.29) is 23.6 Å². The van der Waals surface area contributed by atoms with Crippen LogP contribution < -0.4 is 10.2 Å². The summed E-state index contributed by atoms with van der Waals surface area (Å²) in [6, 6.07) is 15.7. The molecule has 2 aliphatic heterocycles. The number of hydrogen-bond donors (Lipinski definition) is 1. The summed E-state index contributed by atoms with van der Waals surface area (Å²) in [5.74, 6) is -0.582. The molecule has 0 radical (unpaired) electrons. The number of benzene rings is 2. The van der Waals surface area contributed by atoms with Gasteiger partial charge in [0.1, 0.15) is 0 Å². The molecular formula is C23H25N3O3. The summed E-state index contributed by atoms with van der Waals surface area (Å²) in [5, 5.41) is 2.41. The van der Waals surface area contributed by atoms with Crippen molar-refractivity contribution in [2.75, 3.05) is 31.1 Å². The van der Waals surface area contributed by atoms with Crippen LogP contribution in [0.3, 0.4) is 0 Å². The topological polar surface area (TPSA) is 69.7 Å². The minimum atomic E-state index is -0.259. The number of piperidine rings is 1. The van der Waals surface area contributed by atoms with Gasteiger partial charge in [0, 0.05) is 43.9 Å². The van der Waals surface area contributed by atoms with Crippen molar-refractivity contribution in [3.63, 3.8) is 0 Å². The molecule has 6 heteroatoms. The second-order valence-corrected chi connectivity index (χ2v) is 7.74. The van der Waals surface area contributed by atoms with Crippen LogP contribution in [0.15, 0.2) is 48.5 Å². The number of imide groups is 1. The van der Waals surface area contributed by atoms with Gasteiger partial charge in [-0.3, -0.25) is 19.7 Å². The van der Waals surface area contributed by atoms with E-state index in [9.17, 15) is 14.4 Å². The molecule has 150 valence electrons. The molecule has 1 N–H and O–H groups in total. The Hall–Kier alpha value is -3.15. The van der Waals surface area contributed by atoms with E-state index >= 15 is 0 Å². The van der Waals surface area contributed by atoms with Gasteiger partial charge in [-0.05, 0) is 43.2 Å². The highest BCUT2D eigenvalue weighted by molar-refractivity contribution is 6.01. The van der Waals surface area contributed by atoms with Gasteiger partial charge in [0.15, 0.2) is 0 Å². The molecule has 2 aliphatic rings. The molecule has 1 unspecified atom stereocenters. The fourth-order valence-corrected chi connectivity index (χ4v) is 3.98. The van der Waals surface area contributed by atoms with Gasteiger partial charge in [0.25, 0.3) is 5.91 Å². The van der Waals surface area contributed by atoms with Gasteiger partial charge >= 0.3 is 0 Å². The van der Waals surface area contributed by atoms with E-state index in [1.807, 2.05) is 60.4 Å². The van der Waals surface area contributed by atoms with Gasteiger partial charge in [-0.25, -0.2) is 0 Å². The van der Waals surface area contributed by atoms with Crippen LogP contribution in [0.25, 0.3) is 0 Å². The maximum Gasteiger partial charge on any atom is 0.253 e. The SMILES string of the molecule is Cc1ccc(C(=O)N2CCN(c3ccc(C4CCC(=O)NC4=O)cc3)CC2)cc1. The van der Waals surface area contributed by atoms with E-state index < -0.39 is 0 Å². The molecule has 2 aromatic carbocycles. The molecule has 4 rings (SSSR count). The Kier molecular flexibility index (Phi) is 5.34. The minimum absolute atomic E-state index is 0.0813. The number of carbonyl (C=O) groups is 3. The van der Waals surface area contributed by atoms with Crippen molar-refractivity contribution in [2.45, 2.75) is 25.7 Å². The third-order valence-electron chi connectivity index (χ3n) is 5.77. The summed E-state index contributed by atoms with van der Waals surface area (Å²) in [6.45, 7) is 4.92. The van der Waals surface area contributed by atoms with Crippen LogP contribution in [0, 0.1) is 6.92 Å². The quantitative estimate of drug-likeness (QED) is 0.816. The lowest BCUT2D eigenvalue weighted by molar-refractivity contribution is -0.134. The molecule has 2 saturated heterocycles. The second kappa shape index (κ2) is 8.07. The summed E-state index contributed by atoms with van der Waals surface area (Å²) in [7, 11) is 0. The number of aryl methyl sites for hydroxylation is 1. The lowest BCUT2D eigenvalue weighted by atomic mass is 9.90. The molecule has 2 heterocycles. The molecule has 29 heavy (non-hydrogen) atoms.